The largest absolute Gasteiger partial charge is 0.481 e. The average Bonchev–Trinajstić information content (AvgIpc) is 3.02. The van der Waals surface area contributed by atoms with Crippen LogP contribution >= 0.6 is 0 Å². The zero-order valence-electron chi connectivity index (χ0n) is 14.3. The van der Waals surface area contributed by atoms with Gasteiger partial charge in [-0.1, -0.05) is 12.2 Å². The molecule has 6 nitrogen and oxygen atoms in total. The predicted octanol–water partition coefficient (Wildman–Crippen LogP) is 1.11. The number of hydrogen-bond acceptors (Lipinski definition) is 5. The number of esters is 1. The van der Waals surface area contributed by atoms with Crippen molar-refractivity contribution in [3.05, 3.63) is 12.2 Å². The van der Waals surface area contributed by atoms with Gasteiger partial charge in [-0.05, 0) is 44.4 Å². The molecule has 0 amide bonds. The zero-order valence-corrected chi connectivity index (χ0v) is 14.3. The number of fused-ring (bicyclic) bond motifs is 1. The van der Waals surface area contributed by atoms with Gasteiger partial charge in [-0.2, -0.15) is 0 Å². The number of carboxylic acid groups (broad SMARTS) is 1. The number of rotatable bonds is 1. The summed E-state index contributed by atoms with van der Waals surface area (Å²) in [6, 6.07) is 0. The van der Waals surface area contributed by atoms with Gasteiger partial charge in [0.05, 0.1) is 23.5 Å². The fraction of sp³-hybridized carbons (Fsp3) is 0.789. The molecule has 5 rings (SSSR count). The van der Waals surface area contributed by atoms with Crippen molar-refractivity contribution in [1.29, 1.82) is 0 Å². The molecule has 0 aromatic rings. The van der Waals surface area contributed by atoms with Crippen molar-refractivity contribution in [3.8, 4) is 0 Å². The Hall–Kier alpha value is -1.40. The highest BCUT2D eigenvalue weighted by Crippen LogP contribution is 2.77. The third-order valence-corrected chi connectivity index (χ3v) is 8.52. The van der Waals surface area contributed by atoms with E-state index in [4.69, 9.17) is 4.74 Å². The van der Waals surface area contributed by atoms with Gasteiger partial charge in [0.15, 0.2) is 0 Å². The minimum Gasteiger partial charge on any atom is -0.481 e. The smallest absolute Gasteiger partial charge is 0.315 e. The van der Waals surface area contributed by atoms with Crippen LogP contribution in [0.1, 0.15) is 39.0 Å². The fourth-order valence-electron chi connectivity index (χ4n) is 7.64. The van der Waals surface area contributed by atoms with Gasteiger partial charge in [-0.3, -0.25) is 9.59 Å². The van der Waals surface area contributed by atoms with E-state index >= 15 is 0 Å². The van der Waals surface area contributed by atoms with Gasteiger partial charge in [-0.15, -0.1) is 0 Å². The summed E-state index contributed by atoms with van der Waals surface area (Å²) < 4.78 is 5.95. The molecule has 0 aromatic carbocycles. The quantitative estimate of drug-likeness (QED) is 0.484. The summed E-state index contributed by atoms with van der Waals surface area (Å²) in [5.41, 5.74) is -1.66. The molecular weight excluding hydrogens is 324 g/mol. The zero-order chi connectivity index (χ0) is 17.9. The van der Waals surface area contributed by atoms with Gasteiger partial charge >= 0.3 is 11.9 Å². The van der Waals surface area contributed by atoms with Crippen LogP contribution in [-0.4, -0.2) is 45.1 Å². The summed E-state index contributed by atoms with van der Waals surface area (Å²) >= 11 is 0. The van der Waals surface area contributed by atoms with Crippen LogP contribution in [-0.2, 0) is 14.3 Å². The Morgan fingerprint density at radius 3 is 2.76 bits per heavy atom. The highest BCUT2D eigenvalue weighted by atomic mass is 16.6. The van der Waals surface area contributed by atoms with Crippen molar-refractivity contribution in [2.45, 2.75) is 56.8 Å². The van der Waals surface area contributed by atoms with E-state index in [0.29, 0.717) is 32.1 Å². The molecule has 3 N–H and O–H groups in total. The molecule has 5 fully saturated rings. The summed E-state index contributed by atoms with van der Waals surface area (Å²) in [5, 5.41) is 31.4. The first-order valence-electron chi connectivity index (χ1n) is 9.18. The van der Waals surface area contributed by atoms with Crippen molar-refractivity contribution >= 4 is 11.9 Å². The summed E-state index contributed by atoms with van der Waals surface area (Å²) in [7, 11) is 0. The Kier molecular flexibility index (Phi) is 2.71. The maximum atomic E-state index is 12.7. The lowest BCUT2D eigenvalue weighted by Crippen LogP contribution is -2.53. The van der Waals surface area contributed by atoms with Crippen molar-refractivity contribution in [2.75, 3.05) is 0 Å². The van der Waals surface area contributed by atoms with Crippen LogP contribution in [0.4, 0.5) is 0 Å². The molecule has 4 bridgehead atoms. The second-order valence-electron chi connectivity index (χ2n) is 9.21. The van der Waals surface area contributed by atoms with Crippen LogP contribution in [0.25, 0.3) is 0 Å². The SMILES string of the molecule is C=C1CC23CC1C(O)CC2C12CCC(O)C(C)(C(=O)O1)C2C3C(=O)O. The van der Waals surface area contributed by atoms with Crippen LogP contribution < -0.4 is 0 Å². The van der Waals surface area contributed by atoms with E-state index < -0.39 is 52.4 Å². The van der Waals surface area contributed by atoms with Crippen LogP contribution in [0.3, 0.4) is 0 Å². The first kappa shape index (κ1) is 15.8. The third-order valence-electron chi connectivity index (χ3n) is 8.52. The Balaban J connectivity index is 1.76. The van der Waals surface area contributed by atoms with Gasteiger partial charge in [0.1, 0.15) is 5.60 Å². The van der Waals surface area contributed by atoms with E-state index in [0.717, 1.165) is 5.57 Å². The number of ether oxygens (including phenoxy) is 1. The molecule has 0 radical (unpaired) electrons. The Morgan fingerprint density at radius 1 is 1.36 bits per heavy atom. The number of aliphatic hydroxyl groups excluding tert-OH is 2. The summed E-state index contributed by atoms with van der Waals surface area (Å²) in [5.74, 6) is -2.94. The van der Waals surface area contributed by atoms with Crippen LogP contribution in [0, 0.1) is 34.5 Å². The van der Waals surface area contributed by atoms with Crippen molar-refractivity contribution in [3.63, 3.8) is 0 Å². The minimum absolute atomic E-state index is 0.0680. The van der Waals surface area contributed by atoms with Crippen LogP contribution in [0.15, 0.2) is 12.2 Å². The average molecular weight is 348 g/mol. The third kappa shape index (κ3) is 1.44. The lowest BCUT2D eigenvalue weighted by molar-refractivity contribution is -0.164. The Bertz CT molecular complexity index is 717. The predicted molar refractivity (Wildman–Crippen MR) is 85.2 cm³/mol. The Labute approximate surface area is 145 Å². The maximum absolute atomic E-state index is 12.7. The van der Waals surface area contributed by atoms with Gasteiger partial charge in [0.25, 0.3) is 0 Å². The lowest BCUT2D eigenvalue weighted by atomic mass is 9.59. The van der Waals surface area contributed by atoms with Crippen molar-refractivity contribution in [1.82, 2.24) is 0 Å². The monoisotopic (exact) mass is 348 g/mol. The van der Waals surface area contributed by atoms with Crippen LogP contribution in [0.5, 0.6) is 0 Å². The van der Waals surface area contributed by atoms with E-state index in [-0.39, 0.29) is 11.8 Å². The number of aliphatic carboxylic acids is 1. The van der Waals surface area contributed by atoms with E-state index in [9.17, 15) is 24.9 Å². The molecule has 9 unspecified atom stereocenters. The second kappa shape index (κ2) is 4.29. The number of aliphatic hydroxyl groups is 2. The standard InChI is InChI=1S/C19H24O6/c1-8-6-18-7-9(8)10(20)5-11(18)19-4-3-12(21)17(2,16(24)25-19)14(19)13(18)15(22)23/h9-14,20-21H,1,3-7H2,2H3,(H,22,23). The minimum atomic E-state index is -1.18. The molecule has 4 saturated carbocycles. The Morgan fingerprint density at radius 2 is 2.08 bits per heavy atom. The van der Waals surface area contributed by atoms with Gasteiger partial charge < -0.3 is 20.1 Å². The molecule has 1 aliphatic heterocycles. The van der Waals surface area contributed by atoms with Gasteiger partial charge in [0.2, 0.25) is 0 Å². The number of carboxylic acids is 1. The molecule has 9 atom stereocenters. The number of carbonyl (C=O) groups excluding carboxylic acids is 1. The molecule has 4 aliphatic carbocycles. The molecule has 1 saturated heterocycles. The molecule has 136 valence electrons. The highest BCUT2D eigenvalue weighted by molar-refractivity contribution is 5.85. The fourth-order valence-corrected chi connectivity index (χ4v) is 7.64. The summed E-state index contributed by atoms with van der Waals surface area (Å²) in [4.78, 5) is 25.1. The van der Waals surface area contributed by atoms with Crippen molar-refractivity contribution < 1.29 is 29.6 Å². The first-order chi connectivity index (χ1) is 11.7. The van der Waals surface area contributed by atoms with E-state index in [1.807, 2.05) is 0 Å². The van der Waals surface area contributed by atoms with E-state index in [1.54, 1.807) is 6.92 Å². The van der Waals surface area contributed by atoms with E-state index in [1.165, 1.54) is 0 Å². The molecule has 1 spiro atoms. The molecule has 1 heterocycles. The topological polar surface area (TPSA) is 104 Å². The van der Waals surface area contributed by atoms with Crippen molar-refractivity contribution in [2.24, 2.45) is 34.5 Å². The summed E-state index contributed by atoms with van der Waals surface area (Å²) in [6.45, 7) is 5.78. The summed E-state index contributed by atoms with van der Waals surface area (Å²) in [6.07, 6.45) is 1.06. The number of carbonyl (C=O) groups is 2. The molecule has 25 heavy (non-hydrogen) atoms. The van der Waals surface area contributed by atoms with Gasteiger partial charge in [0, 0.05) is 17.8 Å². The molecule has 6 heteroatoms. The molecule has 0 aromatic heterocycles. The molecule has 5 aliphatic rings. The number of hydrogen-bond donors (Lipinski definition) is 3. The maximum Gasteiger partial charge on any atom is 0.315 e. The van der Waals surface area contributed by atoms with E-state index in [2.05, 4.69) is 6.58 Å². The van der Waals surface area contributed by atoms with Gasteiger partial charge in [-0.25, -0.2) is 0 Å². The first-order valence-corrected chi connectivity index (χ1v) is 9.18. The van der Waals surface area contributed by atoms with Crippen LogP contribution in [0.2, 0.25) is 0 Å². The highest BCUT2D eigenvalue weighted by Gasteiger charge is 2.83. The lowest BCUT2D eigenvalue weighted by Gasteiger charge is -2.45. The normalized spacial score (nSPS) is 58.7. The second-order valence-corrected chi connectivity index (χ2v) is 9.21. The molecular formula is C19H24O6.